The first-order valence-electron chi connectivity index (χ1n) is 9.62. The monoisotopic (exact) mass is 410 g/mol. The van der Waals surface area contributed by atoms with Crippen LogP contribution in [0.2, 0.25) is 0 Å². The van der Waals surface area contributed by atoms with Crippen LogP contribution in [0, 0.1) is 13.8 Å². The van der Waals surface area contributed by atoms with Gasteiger partial charge in [-0.25, -0.2) is 0 Å². The molecule has 0 unspecified atom stereocenters. The Balaban J connectivity index is 1.64. The highest BCUT2D eigenvalue weighted by Crippen LogP contribution is 2.25. The number of hydrogen-bond acceptors (Lipinski definition) is 5. The predicted octanol–water partition coefficient (Wildman–Crippen LogP) is 4.79. The van der Waals surface area contributed by atoms with Crippen LogP contribution >= 0.6 is 11.8 Å². The van der Waals surface area contributed by atoms with E-state index in [2.05, 4.69) is 15.5 Å². The van der Waals surface area contributed by atoms with Crippen LogP contribution in [-0.2, 0) is 11.3 Å². The van der Waals surface area contributed by atoms with Gasteiger partial charge in [-0.15, -0.1) is 10.2 Å². The third kappa shape index (κ3) is 5.38. The third-order valence-corrected chi connectivity index (χ3v) is 5.45. The van der Waals surface area contributed by atoms with Gasteiger partial charge in [0.05, 0.1) is 5.75 Å². The Morgan fingerprint density at radius 1 is 1.17 bits per heavy atom. The molecule has 0 saturated heterocycles. The molecule has 1 aromatic heterocycles. The number of hydrogen-bond donors (Lipinski definition) is 1. The maximum atomic E-state index is 12.4. The molecule has 1 atom stereocenters. The van der Waals surface area contributed by atoms with E-state index in [1.54, 1.807) is 0 Å². The average Bonchev–Trinajstić information content (AvgIpc) is 3.13. The summed E-state index contributed by atoms with van der Waals surface area (Å²) in [6.45, 7) is 8.67. The van der Waals surface area contributed by atoms with Gasteiger partial charge in [0.1, 0.15) is 5.75 Å². The molecular formula is C22H26N4O2S. The molecule has 2 aromatic carbocycles. The number of rotatable bonds is 8. The molecule has 29 heavy (non-hydrogen) atoms. The van der Waals surface area contributed by atoms with E-state index >= 15 is 0 Å². The van der Waals surface area contributed by atoms with Crippen LogP contribution in [0.25, 0.3) is 0 Å². The van der Waals surface area contributed by atoms with Crippen molar-refractivity contribution in [2.24, 2.45) is 0 Å². The molecule has 0 aliphatic carbocycles. The van der Waals surface area contributed by atoms with Gasteiger partial charge >= 0.3 is 0 Å². The Morgan fingerprint density at radius 3 is 2.66 bits per heavy atom. The molecule has 1 amide bonds. The van der Waals surface area contributed by atoms with Gasteiger partial charge in [0, 0.05) is 12.2 Å². The predicted molar refractivity (Wildman–Crippen MR) is 116 cm³/mol. The second-order valence-electron chi connectivity index (χ2n) is 6.81. The maximum Gasteiger partial charge on any atom is 0.234 e. The summed E-state index contributed by atoms with van der Waals surface area (Å²) in [4.78, 5) is 12.4. The van der Waals surface area contributed by atoms with Crippen molar-refractivity contribution in [1.82, 2.24) is 14.8 Å². The summed E-state index contributed by atoms with van der Waals surface area (Å²) in [6.07, 6.45) is -0.247. The second kappa shape index (κ2) is 9.60. The molecule has 0 bridgehead atoms. The second-order valence-corrected chi connectivity index (χ2v) is 7.76. The van der Waals surface area contributed by atoms with Crippen LogP contribution in [0.3, 0.4) is 0 Å². The Hall–Kier alpha value is -2.80. The zero-order valence-corrected chi connectivity index (χ0v) is 18.0. The molecule has 152 valence electrons. The van der Waals surface area contributed by atoms with E-state index in [1.807, 2.05) is 80.8 Å². The van der Waals surface area contributed by atoms with Crippen molar-refractivity contribution < 1.29 is 9.53 Å². The normalized spacial score (nSPS) is 11.9. The number of thioether (sulfide) groups is 1. The minimum Gasteiger partial charge on any atom is -0.483 e. The van der Waals surface area contributed by atoms with E-state index in [0.29, 0.717) is 11.7 Å². The lowest BCUT2D eigenvalue weighted by atomic mass is 10.1. The van der Waals surface area contributed by atoms with E-state index in [1.165, 1.54) is 11.8 Å². The Bertz CT molecular complexity index is 972. The summed E-state index contributed by atoms with van der Waals surface area (Å²) >= 11 is 1.38. The molecule has 3 aromatic rings. The van der Waals surface area contributed by atoms with Gasteiger partial charge in [-0.05, 0) is 57.0 Å². The van der Waals surface area contributed by atoms with Crippen molar-refractivity contribution in [3.8, 4) is 5.75 Å². The van der Waals surface area contributed by atoms with Crippen molar-refractivity contribution in [3.63, 3.8) is 0 Å². The smallest absolute Gasteiger partial charge is 0.234 e. The lowest BCUT2D eigenvalue weighted by Gasteiger charge is -2.15. The minimum atomic E-state index is -0.247. The van der Waals surface area contributed by atoms with Crippen molar-refractivity contribution in [3.05, 3.63) is 65.5 Å². The summed E-state index contributed by atoms with van der Waals surface area (Å²) in [5.74, 6) is 1.73. The number of carbonyl (C=O) groups is 1. The van der Waals surface area contributed by atoms with Crippen LogP contribution in [0.1, 0.15) is 36.9 Å². The van der Waals surface area contributed by atoms with Crippen LogP contribution in [-0.4, -0.2) is 26.4 Å². The van der Waals surface area contributed by atoms with Crippen molar-refractivity contribution in [1.29, 1.82) is 0 Å². The third-order valence-electron chi connectivity index (χ3n) is 4.48. The molecule has 0 saturated carbocycles. The van der Waals surface area contributed by atoms with Gasteiger partial charge in [0.15, 0.2) is 17.1 Å². The number of aromatic nitrogens is 3. The summed E-state index contributed by atoms with van der Waals surface area (Å²) in [7, 11) is 0. The van der Waals surface area contributed by atoms with E-state index in [0.717, 1.165) is 28.4 Å². The zero-order chi connectivity index (χ0) is 20.8. The van der Waals surface area contributed by atoms with Crippen LogP contribution < -0.4 is 10.1 Å². The molecular weight excluding hydrogens is 384 g/mol. The number of amides is 1. The summed E-state index contributed by atoms with van der Waals surface area (Å²) in [6, 6.07) is 15.7. The van der Waals surface area contributed by atoms with Crippen molar-refractivity contribution >= 4 is 23.4 Å². The van der Waals surface area contributed by atoms with Gasteiger partial charge < -0.3 is 14.6 Å². The van der Waals surface area contributed by atoms with Gasteiger partial charge in [-0.3, -0.25) is 4.79 Å². The SMILES string of the molecule is CCn1c(SCC(=O)Nc2cc(C)ccc2C)nnc1[C@H](C)Oc1ccccc1. The highest BCUT2D eigenvalue weighted by molar-refractivity contribution is 7.99. The van der Waals surface area contributed by atoms with E-state index in [4.69, 9.17) is 4.74 Å². The molecule has 0 aliphatic rings. The number of nitrogens with one attached hydrogen (secondary N) is 1. The highest BCUT2D eigenvalue weighted by Gasteiger charge is 2.19. The fourth-order valence-electron chi connectivity index (χ4n) is 2.95. The van der Waals surface area contributed by atoms with Gasteiger partial charge in [-0.1, -0.05) is 42.1 Å². The lowest BCUT2D eigenvalue weighted by molar-refractivity contribution is -0.113. The molecule has 0 fully saturated rings. The molecule has 0 spiro atoms. The Kier molecular flexibility index (Phi) is 6.93. The maximum absolute atomic E-state index is 12.4. The van der Waals surface area contributed by atoms with Crippen LogP contribution in [0.15, 0.2) is 53.7 Å². The van der Waals surface area contributed by atoms with Gasteiger partial charge in [-0.2, -0.15) is 0 Å². The van der Waals surface area contributed by atoms with Gasteiger partial charge in [0.2, 0.25) is 5.91 Å². The number of benzene rings is 2. The number of aryl methyl sites for hydroxylation is 2. The van der Waals surface area contributed by atoms with Gasteiger partial charge in [0.25, 0.3) is 0 Å². The van der Waals surface area contributed by atoms with E-state index < -0.39 is 0 Å². The first-order valence-corrected chi connectivity index (χ1v) is 10.6. The van der Waals surface area contributed by atoms with E-state index in [-0.39, 0.29) is 17.8 Å². The molecule has 0 radical (unpaired) electrons. The molecule has 7 heteroatoms. The first-order chi connectivity index (χ1) is 14.0. The molecule has 1 N–H and O–H groups in total. The fraction of sp³-hybridized carbons (Fsp3) is 0.318. The van der Waals surface area contributed by atoms with Crippen molar-refractivity contribution in [2.75, 3.05) is 11.1 Å². The van der Waals surface area contributed by atoms with Crippen LogP contribution in [0.4, 0.5) is 5.69 Å². The molecule has 1 heterocycles. The number of anilines is 1. The summed E-state index contributed by atoms with van der Waals surface area (Å²) in [5.41, 5.74) is 3.00. The molecule has 3 rings (SSSR count). The lowest BCUT2D eigenvalue weighted by Crippen LogP contribution is -2.16. The number of ether oxygens (including phenoxy) is 1. The Labute approximate surface area is 175 Å². The number of para-hydroxylation sites is 1. The van der Waals surface area contributed by atoms with Crippen molar-refractivity contribution in [2.45, 2.75) is 45.5 Å². The van der Waals surface area contributed by atoms with E-state index in [9.17, 15) is 4.79 Å². The standard InChI is InChI=1S/C22H26N4O2S/c1-5-26-21(17(4)28-18-9-7-6-8-10-18)24-25-22(26)29-14-20(27)23-19-13-15(2)11-12-16(19)3/h6-13,17H,5,14H2,1-4H3,(H,23,27)/t17-/m0/s1. The largest absolute Gasteiger partial charge is 0.483 e. The summed E-state index contributed by atoms with van der Waals surface area (Å²) < 4.78 is 7.96. The summed E-state index contributed by atoms with van der Waals surface area (Å²) in [5, 5.41) is 12.3. The number of nitrogens with zero attached hydrogens (tertiary/aromatic N) is 3. The number of carbonyl (C=O) groups excluding carboxylic acids is 1. The molecule has 6 nitrogen and oxygen atoms in total. The average molecular weight is 411 g/mol. The first kappa shape index (κ1) is 20.9. The zero-order valence-electron chi connectivity index (χ0n) is 17.2. The minimum absolute atomic E-state index is 0.0653. The topological polar surface area (TPSA) is 69.0 Å². The fourth-order valence-corrected chi connectivity index (χ4v) is 3.76. The van der Waals surface area contributed by atoms with Crippen LogP contribution in [0.5, 0.6) is 5.75 Å². The quantitative estimate of drug-likeness (QED) is 0.541. The Morgan fingerprint density at radius 2 is 1.93 bits per heavy atom. The molecule has 0 aliphatic heterocycles. The highest BCUT2D eigenvalue weighted by atomic mass is 32.2.